The lowest BCUT2D eigenvalue weighted by molar-refractivity contribution is -0.592. The molecule has 0 aromatic carbocycles. The Bertz CT molecular complexity index is 422. The fourth-order valence-electron chi connectivity index (χ4n) is 2.30. The van der Waals surface area contributed by atoms with E-state index in [4.69, 9.17) is 4.74 Å². The standard InChI is InChI=1S/C13H18N2O3/c1-2-18-13(16)11-6-5-8-14(10-11)12-7-3-4-9-15(12)17/h3-4,7,9,11H,2,5-6,8,10H2,1H3/t11-/m1/s1. The van der Waals surface area contributed by atoms with Gasteiger partial charge < -0.3 is 9.94 Å². The molecule has 0 saturated carbocycles. The molecule has 18 heavy (non-hydrogen) atoms. The summed E-state index contributed by atoms with van der Waals surface area (Å²) in [5.74, 6) is 0.320. The lowest BCUT2D eigenvalue weighted by Crippen LogP contribution is -2.45. The average molecular weight is 250 g/mol. The van der Waals surface area contributed by atoms with Gasteiger partial charge in [-0.1, -0.05) is 6.07 Å². The number of esters is 1. The first kappa shape index (κ1) is 12.7. The van der Waals surface area contributed by atoms with E-state index >= 15 is 0 Å². The fraction of sp³-hybridized carbons (Fsp3) is 0.538. The Morgan fingerprint density at radius 1 is 1.61 bits per heavy atom. The molecule has 2 heterocycles. The zero-order valence-electron chi connectivity index (χ0n) is 10.5. The molecule has 1 fully saturated rings. The van der Waals surface area contributed by atoms with Crippen molar-refractivity contribution in [3.05, 3.63) is 29.6 Å². The van der Waals surface area contributed by atoms with E-state index in [9.17, 15) is 10.0 Å². The highest BCUT2D eigenvalue weighted by Gasteiger charge is 2.31. The predicted octanol–water partition coefficient (Wildman–Crippen LogP) is 1.10. The Labute approximate surface area is 107 Å². The van der Waals surface area contributed by atoms with Crippen LogP contribution in [0.15, 0.2) is 24.4 Å². The van der Waals surface area contributed by atoms with Crippen LogP contribution >= 0.6 is 0 Å². The zero-order chi connectivity index (χ0) is 13.0. The van der Waals surface area contributed by atoms with E-state index in [0.717, 1.165) is 24.1 Å². The second kappa shape index (κ2) is 5.71. The van der Waals surface area contributed by atoms with E-state index in [1.54, 1.807) is 19.1 Å². The van der Waals surface area contributed by atoms with Gasteiger partial charge >= 0.3 is 5.97 Å². The highest BCUT2D eigenvalue weighted by atomic mass is 16.5. The summed E-state index contributed by atoms with van der Waals surface area (Å²) < 4.78 is 5.89. The molecule has 0 aliphatic carbocycles. The van der Waals surface area contributed by atoms with E-state index < -0.39 is 0 Å². The second-order valence-electron chi connectivity index (χ2n) is 4.42. The number of carbonyl (C=O) groups excluding carboxylic acids is 1. The van der Waals surface area contributed by atoms with Gasteiger partial charge in [-0.2, -0.15) is 0 Å². The van der Waals surface area contributed by atoms with Gasteiger partial charge in [0.15, 0.2) is 0 Å². The second-order valence-corrected chi connectivity index (χ2v) is 4.42. The molecule has 2 rings (SSSR count). The summed E-state index contributed by atoms with van der Waals surface area (Å²) in [5, 5.41) is 11.7. The van der Waals surface area contributed by atoms with E-state index in [2.05, 4.69) is 0 Å². The number of carbonyl (C=O) groups is 1. The molecule has 5 heteroatoms. The first-order valence-corrected chi connectivity index (χ1v) is 6.32. The number of nitrogens with zero attached hydrogens (tertiary/aromatic N) is 2. The minimum atomic E-state index is -0.157. The van der Waals surface area contributed by atoms with Gasteiger partial charge in [-0.05, 0) is 25.8 Å². The Hall–Kier alpha value is -1.78. The fourth-order valence-corrected chi connectivity index (χ4v) is 2.30. The molecule has 1 aromatic heterocycles. The molecule has 0 radical (unpaired) electrons. The maximum absolute atomic E-state index is 11.7. The third-order valence-electron chi connectivity index (χ3n) is 3.17. The third kappa shape index (κ3) is 2.72. The van der Waals surface area contributed by atoms with E-state index in [1.807, 2.05) is 11.0 Å². The smallest absolute Gasteiger partial charge is 0.312 e. The molecule has 98 valence electrons. The summed E-state index contributed by atoms with van der Waals surface area (Å²) in [5.41, 5.74) is 0. The molecule has 0 bridgehead atoms. The summed E-state index contributed by atoms with van der Waals surface area (Å²) >= 11 is 0. The first-order valence-electron chi connectivity index (χ1n) is 6.32. The Morgan fingerprint density at radius 2 is 2.44 bits per heavy atom. The molecule has 0 spiro atoms. The molecule has 5 nitrogen and oxygen atoms in total. The average Bonchev–Trinajstić information content (AvgIpc) is 2.40. The number of anilines is 1. The topological polar surface area (TPSA) is 56.5 Å². The quantitative estimate of drug-likeness (QED) is 0.458. The molecule has 1 saturated heterocycles. The molecule has 1 aliphatic heterocycles. The summed E-state index contributed by atoms with van der Waals surface area (Å²) in [6.07, 6.45) is 3.21. The normalized spacial score (nSPS) is 19.6. The van der Waals surface area contributed by atoms with Gasteiger partial charge in [-0.3, -0.25) is 9.69 Å². The molecular weight excluding hydrogens is 232 g/mol. The van der Waals surface area contributed by atoms with Crippen LogP contribution in [-0.4, -0.2) is 25.7 Å². The van der Waals surface area contributed by atoms with Gasteiger partial charge in [0.25, 0.3) is 5.82 Å². The van der Waals surface area contributed by atoms with Gasteiger partial charge in [0.2, 0.25) is 0 Å². The minimum absolute atomic E-state index is 0.126. The lowest BCUT2D eigenvalue weighted by Gasteiger charge is -2.28. The molecule has 0 unspecified atom stereocenters. The third-order valence-corrected chi connectivity index (χ3v) is 3.17. The number of ether oxygens (including phenoxy) is 1. The summed E-state index contributed by atoms with van der Waals surface area (Å²) in [4.78, 5) is 13.7. The van der Waals surface area contributed by atoms with Crippen LogP contribution in [0.2, 0.25) is 0 Å². The van der Waals surface area contributed by atoms with Crippen molar-refractivity contribution in [1.29, 1.82) is 0 Å². The number of rotatable bonds is 3. The van der Waals surface area contributed by atoms with Crippen LogP contribution < -0.4 is 9.63 Å². The van der Waals surface area contributed by atoms with Crippen LogP contribution in [0.1, 0.15) is 19.8 Å². The number of hydrogen-bond donors (Lipinski definition) is 0. The van der Waals surface area contributed by atoms with E-state index in [0.29, 0.717) is 19.0 Å². The van der Waals surface area contributed by atoms with Crippen LogP contribution in [0.25, 0.3) is 0 Å². The number of piperidine rings is 1. The van der Waals surface area contributed by atoms with Crippen LogP contribution in [-0.2, 0) is 9.53 Å². The van der Waals surface area contributed by atoms with Crippen LogP contribution in [0.3, 0.4) is 0 Å². The first-order chi connectivity index (χ1) is 8.72. The lowest BCUT2D eigenvalue weighted by atomic mass is 9.98. The van der Waals surface area contributed by atoms with Crippen molar-refractivity contribution in [1.82, 2.24) is 0 Å². The van der Waals surface area contributed by atoms with E-state index in [-0.39, 0.29) is 11.9 Å². The van der Waals surface area contributed by atoms with Gasteiger partial charge in [-0.25, -0.2) is 4.73 Å². The van der Waals surface area contributed by atoms with Gasteiger partial charge in [-0.15, -0.1) is 0 Å². The highest BCUT2D eigenvalue weighted by Crippen LogP contribution is 2.21. The van der Waals surface area contributed by atoms with Gasteiger partial charge in [0, 0.05) is 6.07 Å². The van der Waals surface area contributed by atoms with Crippen molar-refractivity contribution in [2.45, 2.75) is 19.8 Å². The number of aromatic nitrogens is 1. The van der Waals surface area contributed by atoms with Crippen LogP contribution in [0.5, 0.6) is 0 Å². The molecule has 1 aromatic rings. The van der Waals surface area contributed by atoms with Crippen molar-refractivity contribution < 1.29 is 14.3 Å². The van der Waals surface area contributed by atoms with Crippen molar-refractivity contribution in [3.63, 3.8) is 0 Å². The molecule has 1 atom stereocenters. The van der Waals surface area contributed by atoms with Crippen LogP contribution in [0.4, 0.5) is 5.82 Å². The largest absolute Gasteiger partial charge is 0.711 e. The predicted molar refractivity (Wildman–Crippen MR) is 67.0 cm³/mol. The van der Waals surface area contributed by atoms with Crippen LogP contribution in [0, 0.1) is 11.1 Å². The van der Waals surface area contributed by atoms with E-state index in [1.165, 1.54) is 6.20 Å². The SMILES string of the molecule is CCOC(=O)[C@@H]1CCCN(c2cccc[n+]2[O-])C1. The Kier molecular flexibility index (Phi) is 4.02. The van der Waals surface area contributed by atoms with Crippen molar-refractivity contribution in [3.8, 4) is 0 Å². The highest BCUT2D eigenvalue weighted by molar-refractivity contribution is 5.73. The molecule has 0 N–H and O–H groups in total. The summed E-state index contributed by atoms with van der Waals surface area (Å²) in [6, 6.07) is 5.31. The van der Waals surface area contributed by atoms with Crippen molar-refractivity contribution >= 4 is 11.8 Å². The summed E-state index contributed by atoms with van der Waals surface area (Å²) in [7, 11) is 0. The number of pyridine rings is 1. The Balaban J connectivity index is 2.07. The molecular formula is C13H18N2O3. The van der Waals surface area contributed by atoms with Crippen molar-refractivity contribution in [2.75, 3.05) is 24.6 Å². The molecule has 1 aliphatic rings. The zero-order valence-corrected chi connectivity index (χ0v) is 10.5. The number of hydrogen-bond acceptors (Lipinski definition) is 4. The maximum atomic E-state index is 11.7. The minimum Gasteiger partial charge on any atom is -0.711 e. The monoisotopic (exact) mass is 250 g/mol. The van der Waals surface area contributed by atoms with Gasteiger partial charge in [0.05, 0.1) is 31.8 Å². The molecule has 0 amide bonds. The maximum Gasteiger partial charge on any atom is 0.312 e. The van der Waals surface area contributed by atoms with Crippen molar-refractivity contribution in [2.24, 2.45) is 5.92 Å². The Morgan fingerprint density at radius 3 is 3.17 bits per heavy atom. The summed E-state index contributed by atoms with van der Waals surface area (Å²) in [6.45, 7) is 3.58. The van der Waals surface area contributed by atoms with Gasteiger partial charge in [0.1, 0.15) is 0 Å².